The van der Waals surface area contributed by atoms with Gasteiger partial charge in [-0.25, -0.2) is 4.98 Å². The lowest BCUT2D eigenvalue weighted by Gasteiger charge is -2.30. The first-order valence-corrected chi connectivity index (χ1v) is 9.61. The van der Waals surface area contributed by atoms with Gasteiger partial charge in [-0.1, -0.05) is 12.1 Å². The maximum Gasteiger partial charge on any atom is 0.283 e. The summed E-state index contributed by atoms with van der Waals surface area (Å²) in [5.41, 5.74) is 1.10. The van der Waals surface area contributed by atoms with Crippen LogP contribution in [0.3, 0.4) is 0 Å². The summed E-state index contributed by atoms with van der Waals surface area (Å²) in [6.45, 7) is 2.67. The normalized spacial score (nSPS) is 18.5. The molecule has 1 aromatic carbocycles. The quantitative estimate of drug-likeness (QED) is 0.536. The fraction of sp³-hybridized carbons (Fsp3) is 0.316. The number of rotatable bonds is 4. The Kier molecular flexibility index (Phi) is 4.03. The van der Waals surface area contributed by atoms with Gasteiger partial charge in [-0.3, -0.25) is 4.90 Å². The van der Waals surface area contributed by atoms with Crippen molar-refractivity contribution < 1.29 is 8.83 Å². The van der Waals surface area contributed by atoms with Crippen LogP contribution in [0.1, 0.15) is 29.7 Å². The van der Waals surface area contributed by atoms with Gasteiger partial charge in [0.25, 0.3) is 5.89 Å². The summed E-state index contributed by atoms with van der Waals surface area (Å²) in [6, 6.07) is 12.0. The summed E-state index contributed by atoms with van der Waals surface area (Å²) >= 11 is 1.81. The summed E-state index contributed by atoms with van der Waals surface area (Å²) in [5, 5.41) is 9.48. The zero-order chi connectivity index (χ0) is 17.3. The molecular formula is C19H18N4O2S. The van der Waals surface area contributed by atoms with E-state index in [-0.39, 0.29) is 0 Å². The van der Waals surface area contributed by atoms with E-state index in [1.807, 2.05) is 29.5 Å². The average molecular weight is 366 g/mol. The highest BCUT2D eigenvalue weighted by Crippen LogP contribution is 2.33. The van der Waals surface area contributed by atoms with Crippen LogP contribution in [-0.2, 0) is 6.54 Å². The van der Waals surface area contributed by atoms with Gasteiger partial charge < -0.3 is 8.83 Å². The molecule has 4 heterocycles. The van der Waals surface area contributed by atoms with Crippen LogP contribution in [0.4, 0.5) is 0 Å². The molecule has 3 aromatic heterocycles. The molecule has 7 heteroatoms. The minimum absolute atomic E-state index is 0.435. The summed E-state index contributed by atoms with van der Waals surface area (Å²) in [4.78, 5) is 7.22. The molecule has 0 saturated carbocycles. The van der Waals surface area contributed by atoms with E-state index in [0.717, 1.165) is 25.0 Å². The molecule has 1 aliphatic rings. The van der Waals surface area contributed by atoms with Crippen LogP contribution in [0, 0.1) is 0 Å². The molecule has 1 aliphatic heterocycles. The molecule has 0 N–H and O–H groups in total. The highest BCUT2D eigenvalue weighted by molar-refractivity contribution is 7.18. The van der Waals surface area contributed by atoms with Crippen molar-refractivity contribution >= 4 is 21.6 Å². The Bertz CT molecular complexity index is 975. The SMILES string of the molecule is c1coc(-c2nnc(CN3CCCC(c4nc5ccccc5s4)C3)o2)c1. The Balaban J connectivity index is 1.30. The van der Waals surface area contributed by atoms with Gasteiger partial charge in [-0.05, 0) is 43.7 Å². The van der Waals surface area contributed by atoms with E-state index in [0.29, 0.717) is 30.0 Å². The monoisotopic (exact) mass is 366 g/mol. The minimum atomic E-state index is 0.435. The van der Waals surface area contributed by atoms with Crippen molar-refractivity contribution in [3.63, 3.8) is 0 Å². The van der Waals surface area contributed by atoms with Gasteiger partial charge in [0.1, 0.15) is 0 Å². The topological polar surface area (TPSA) is 68.2 Å². The Labute approximate surface area is 154 Å². The second-order valence-electron chi connectivity index (χ2n) is 6.57. The first-order valence-electron chi connectivity index (χ1n) is 8.79. The van der Waals surface area contributed by atoms with Crippen LogP contribution in [0.2, 0.25) is 0 Å². The van der Waals surface area contributed by atoms with E-state index >= 15 is 0 Å². The molecule has 132 valence electrons. The van der Waals surface area contributed by atoms with Crippen molar-refractivity contribution in [2.45, 2.75) is 25.3 Å². The van der Waals surface area contributed by atoms with E-state index in [2.05, 4.69) is 33.3 Å². The number of piperidine rings is 1. The Morgan fingerprint density at radius 1 is 1.15 bits per heavy atom. The molecule has 1 unspecified atom stereocenters. The lowest BCUT2D eigenvalue weighted by Crippen LogP contribution is -2.33. The van der Waals surface area contributed by atoms with Gasteiger partial charge in [0.15, 0.2) is 5.76 Å². The van der Waals surface area contributed by atoms with Gasteiger partial charge in [-0.15, -0.1) is 21.5 Å². The number of hydrogen-bond acceptors (Lipinski definition) is 7. The molecule has 0 bridgehead atoms. The zero-order valence-corrected chi connectivity index (χ0v) is 15.0. The van der Waals surface area contributed by atoms with E-state index in [4.69, 9.17) is 13.8 Å². The third kappa shape index (κ3) is 3.04. The molecule has 1 fully saturated rings. The molecule has 1 atom stereocenters. The van der Waals surface area contributed by atoms with Crippen molar-refractivity contribution in [3.05, 3.63) is 53.6 Å². The predicted octanol–water partition coefficient (Wildman–Crippen LogP) is 4.32. The van der Waals surface area contributed by atoms with Crippen molar-refractivity contribution in [1.29, 1.82) is 0 Å². The molecule has 0 spiro atoms. The fourth-order valence-electron chi connectivity index (χ4n) is 3.47. The maximum absolute atomic E-state index is 5.75. The number of thiazole rings is 1. The molecule has 0 amide bonds. The van der Waals surface area contributed by atoms with Gasteiger partial charge in [0, 0.05) is 12.5 Å². The second-order valence-corrected chi connectivity index (χ2v) is 7.63. The summed E-state index contributed by atoms with van der Waals surface area (Å²) in [6.07, 6.45) is 3.93. The van der Waals surface area contributed by atoms with Crippen molar-refractivity contribution in [1.82, 2.24) is 20.1 Å². The smallest absolute Gasteiger partial charge is 0.283 e. The van der Waals surface area contributed by atoms with Crippen LogP contribution in [-0.4, -0.2) is 33.2 Å². The Hall–Kier alpha value is -2.51. The van der Waals surface area contributed by atoms with Crippen molar-refractivity contribution in [2.24, 2.45) is 0 Å². The van der Waals surface area contributed by atoms with Gasteiger partial charge in [-0.2, -0.15) is 0 Å². The van der Waals surface area contributed by atoms with Crippen molar-refractivity contribution in [2.75, 3.05) is 13.1 Å². The zero-order valence-electron chi connectivity index (χ0n) is 14.2. The van der Waals surface area contributed by atoms with E-state index in [1.54, 1.807) is 6.26 Å². The number of aromatic nitrogens is 3. The lowest BCUT2D eigenvalue weighted by molar-refractivity contribution is 0.184. The van der Waals surface area contributed by atoms with E-state index in [9.17, 15) is 0 Å². The lowest BCUT2D eigenvalue weighted by atomic mass is 9.99. The van der Waals surface area contributed by atoms with Gasteiger partial charge >= 0.3 is 0 Å². The second kappa shape index (κ2) is 6.66. The van der Waals surface area contributed by atoms with Crippen LogP contribution < -0.4 is 0 Å². The number of likely N-dealkylation sites (tertiary alicyclic amines) is 1. The molecule has 0 radical (unpaired) electrons. The number of nitrogens with zero attached hydrogens (tertiary/aromatic N) is 4. The Morgan fingerprint density at radius 2 is 2.12 bits per heavy atom. The first-order chi connectivity index (χ1) is 12.8. The molecule has 6 nitrogen and oxygen atoms in total. The van der Waals surface area contributed by atoms with Gasteiger partial charge in [0.2, 0.25) is 5.89 Å². The van der Waals surface area contributed by atoms with Gasteiger partial charge in [0.05, 0.1) is 28.0 Å². The molecule has 1 saturated heterocycles. The molecular weight excluding hydrogens is 348 g/mol. The average Bonchev–Trinajstić information content (AvgIpc) is 3.41. The number of furan rings is 1. The summed E-state index contributed by atoms with van der Waals surface area (Å²) in [5.74, 6) is 2.13. The van der Waals surface area contributed by atoms with Crippen LogP contribution >= 0.6 is 11.3 Å². The third-order valence-electron chi connectivity index (χ3n) is 4.72. The Morgan fingerprint density at radius 3 is 3.00 bits per heavy atom. The van der Waals surface area contributed by atoms with E-state index < -0.39 is 0 Å². The predicted molar refractivity (Wildman–Crippen MR) is 98.9 cm³/mol. The van der Waals surface area contributed by atoms with Crippen LogP contribution in [0.5, 0.6) is 0 Å². The number of hydrogen-bond donors (Lipinski definition) is 0. The molecule has 0 aliphatic carbocycles. The maximum atomic E-state index is 5.75. The molecule has 26 heavy (non-hydrogen) atoms. The largest absolute Gasteiger partial charge is 0.459 e. The number of fused-ring (bicyclic) bond motifs is 1. The van der Waals surface area contributed by atoms with Crippen LogP contribution in [0.25, 0.3) is 21.9 Å². The van der Waals surface area contributed by atoms with Crippen LogP contribution in [0.15, 0.2) is 51.5 Å². The number of para-hydroxylation sites is 1. The van der Waals surface area contributed by atoms with Crippen molar-refractivity contribution in [3.8, 4) is 11.7 Å². The minimum Gasteiger partial charge on any atom is -0.459 e. The van der Waals surface area contributed by atoms with E-state index in [1.165, 1.54) is 16.1 Å². The fourth-order valence-corrected chi connectivity index (χ4v) is 4.57. The molecule has 5 rings (SSSR count). The highest BCUT2D eigenvalue weighted by atomic mass is 32.1. The number of benzene rings is 1. The first kappa shape index (κ1) is 15.7. The summed E-state index contributed by atoms with van der Waals surface area (Å²) in [7, 11) is 0. The third-order valence-corrected chi connectivity index (χ3v) is 5.92. The highest BCUT2D eigenvalue weighted by Gasteiger charge is 2.25. The summed E-state index contributed by atoms with van der Waals surface area (Å²) < 4.78 is 12.3. The molecule has 4 aromatic rings. The standard InChI is InChI=1S/C19H18N4O2S/c1-2-8-16-14(6-1)20-19(26-16)13-5-3-9-23(11-13)12-17-21-22-18(25-17)15-7-4-10-24-15/h1-2,4,6-8,10,13H,3,5,9,11-12H2.